The summed E-state index contributed by atoms with van der Waals surface area (Å²) in [6.45, 7) is 9.14. The minimum absolute atomic E-state index is 0.0387. The van der Waals surface area contributed by atoms with Gasteiger partial charge in [0.05, 0.1) is 19.8 Å². The van der Waals surface area contributed by atoms with Gasteiger partial charge in [-0.1, -0.05) is 19.9 Å². The fraction of sp³-hybridized carbons (Fsp3) is 0.800. The van der Waals surface area contributed by atoms with Gasteiger partial charge in [-0.2, -0.15) is 0 Å². The summed E-state index contributed by atoms with van der Waals surface area (Å²) in [7, 11) is 0. The lowest BCUT2D eigenvalue weighted by atomic mass is 9.84. The molecule has 0 saturated heterocycles. The van der Waals surface area contributed by atoms with Crippen LogP contribution in [0.25, 0.3) is 0 Å². The maximum Gasteiger partial charge on any atom is 0.0645 e. The predicted molar refractivity (Wildman–Crippen MR) is 51.1 cm³/mol. The topological polar surface area (TPSA) is 29.5 Å². The Morgan fingerprint density at radius 2 is 2.00 bits per heavy atom. The number of hydrogen-bond acceptors (Lipinski definition) is 2. The maximum absolute atomic E-state index is 9.17. The highest BCUT2D eigenvalue weighted by molar-refractivity contribution is 4.76. The van der Waals surface area contributed by atoms with Crippen LogP contribution in [0.1, 0.15) is 26.7 Å². The van der Waals surface area contributed by atoms with Crippen LogP contribution in [0.2, 0.25) is 0 Å². The number of hydrogen-bond donors (Lipinski definition) is 1. The molecule has 0 rings (SSSR count). The zero-order chi connectivity index (χ0) is 9.45. The molecule has 12 heavy (non-hydrogen) atoms. The highest BCUT2D eigenvalue weighted by atomic mass is 16.5. The van der Waals surface area contributed by atoms with Gasteiger partial charge < -0.3 is 9.84 Å². The third-order valence-electron chi connectivity index (χ3n) is 2.48. The molecule has 0 aliphatic carbocycles. The molecular weight excluding hydrogens is 152 g/mol. The molecule has 0 heterocycles. The van der Waals surface area contributed by atoms with Gasteiger partial charge in [-0.3, -0.25) is 0 Å². The van der Waals surface area contributed by atoms with Gasteiger partial charge in [-0.15, -0.1) is 6.58 Å². The Labute approximate surface area is 75.2 Å². The first-order valence-electron chi connectivity index (χ1n) is 4.54. The van der Waals surface area contributed by atoms with E-state index in [4.69, 9.17) is 4.74 Å². The molecule has 0 unspecified atom stereocenters. The van der Waals surface area contributed by atoms with Gasteiger partial charge in [0.25, 0.3) is 0 Å². The van der Waals surface area contributed by atoms with E-state index >= 15 is 0 Å². The molecule has 1 N–H and O–H groups in total. The van der Waals surface area contributed by atoms with E-state index in [1.165, 1.54) is 0 Å². The first kappa shape index (κ1) is 11.7. The van der Waals surface area contributed by atoms with E-state index in [1.807, 2.05) is 0 Å². The van der Waals surface area contributed by atoms with Crippen LogP contribution in [0.3, 0.4) is 0 Å². The lowest BCUT2D eigenvalue weighted by Gasteiger charge is -2.28. The summed E-state index contributed by atoms with van der Waals surface area (Å²) in [4.78, 5) is 0. The highest BCUT2D eigenvalue weighted by Crippen LogP contribution is 2.25. The Bertz CT molecular complexity index is 109. The van der Waals surface area contributed by atoms with Crippen molar-refractivity contribution < 1.29 is 9.84 Å². The molecule has 2 heteroatoms. The van der Waals surface area contributed by atoms with Gasteiger partial charge >= 0.3 is 0 Å². The van der Waals surface area contributed by atoms with Gasteiger partial charge in [-0.25, -0.2) is 0 Å². The van der Waals surface area contributed by atoms with Crippen molar-refractivity contribution in [3.05, 3.63) is 12.7 Å². The van der Waals surface area contributed by atoms with E-state index in [-0.39, 0.29) is 12.0 Å². The highest BCUT2D eigenvalue weighted by Gasteiger charge is 2.24. The molecule has 72 valence electrons. The maximum atomic E-state index is 9.17. The van der Waals surface area contributed by atoms with Crippen LogP contribution in [0.4, 0.5) is 0 Å². The van der Waals surface area contributed by atoms with Crippen LogP contribution in [0, 0.1) is 5.41 Å². The standard InChI is InChI=1S/C10H20O2/c1-4-7-12-9-10(5-2,6-3)8-11/h4,11H,1,5-9H2,2-3H3. The van der Waals surface area contributed by atoms with Crippen molar-refractivity contribution in [2.75, 3.05) is 19.8 Å². The fourth-order valence-electron chi connectivity index (χ4n) is 1.08. The summed E-state index contributed by atoms with van der Waals surface area (Å²) < 4.78 is 5.34. The Hall–Kier alpha value is -0.340. The third kappa shape index (κ3) is 3.37. The molecule has 0 aromatic rings. The second kappa shape index (κ2) is 6.21. The molecule has 0 atom stereocenters. The van der Waals surface area contributed by atoms with E-state index in [0.29, 0.717) is 13.2 Å². The molecule has 0 saturated carbocycles. The molecular formula is C10H20O2. The van der Waals surface area contributed by atoms with E-state index in [9.17, 15) is 5.11 Å². The molecule has 0 amide bonds. The van der Waals surface area contributed by atoms with Crippen molar-refractivity contribution in [2.24, 2.45) is 5.41 Å². The fourth-order valence-corrected chi connectivity index (χ4v) is 1.08. The Balaban J connectivity index is 3.84. The van der Waals surface area contributed by atoms with Gasteiger partial charge in [0.2, 0.25) is 0 Å². The molecule has 0 fully saturated rings. The summed E-state index contributed by atoms with van der Waals surface area (Å²) >= 11 is 0. The van der Waals surface area contributed by atoms with E-state index in [2.05, 4.69) is 20.4 Å². The second-order valence-electron chi connectivity index (χ2n) is 3.17. The molecule has 2 nitrogen and oxygen atoms in total. The minimum Gasteiger partial charge on any atom is -0.396 e. The summed E-state index contributed by atoms with van der Waals surface area (Å²) in [5.41, 5.74) is -0.0387. The van der Waals surface area contributed by atoms with Crippen molar-refractivity contribution in [1.29, 1.82) is 0 Å². The van der Waals surface area contributed by atoms with Gasteiger partial charge in [-0.05, 0) is 12.8 Å². The molecule has 0 bridgehead atoms. The number of aliphatic hydroxyl groups excluding tert-OH is 1. The SMILES string of the molecule is C=CCOCC(CC)(CC)CO. The predicted octanol–water partition coefficient (Wildman–Crippen LogP) is 1.99. The van der Waals surface area contributed by atoms with Crippen LogP contribution in [-0.4, -0.2) is 24.9 Å². The van der Waals surface area contributed by atoms with E-state index in [0.717, 1.165) is 12.8 Å². The van der Waals surface area contributed by atoms with Crippen LogP contribution in [0.15, 0.2) is 12.7 Å². The van der Waals surface area contributed by atoms with Crippen molar-refractivity contribution in [2.45, 2.75) is 26.7 Å². The first-order chi connectivity index (χ1) is 5.74. The molecule has 0 aliphatic rings. The normalized spacial score (nSPS) is 11.6. The van der Waals surface area contributed by atoms with Crippen LogP contribution >= 0.6 is 0 Å². The Kier molecular flexibility index (Phi) is 6.03. The average Bonchev–Trinajstić information content (AvgIpc) is 2.14. The zero-order valence-electron chi connectivity index (χ0n) is 8.18. The third-order valence-corrected chi connectivity index (χ3v) is 2.48. The van der Waals surface area contributed by atoms with Crippen molar-refractivity contribution in [3.8, 4) is 0 Å². The lowest BCUT2D eigenvalue weighted by Crippen LogP contribution is -2.29. The Morgan fingerprint density at radius 1 is 1.42 bits per heavy atom. The number of rotatable bonds is 7. The van der Waals surface area contributed by atoms with Gasteiger partial charge in [0, 0.05) is 5.41 Å². The summed E-state index contributed by atoms with van der Waals surface area (Å²) in [6.07, 6.45) is 3.64. The second-order valence-corrected chi connectivity index (χ2v) is 3.17. The van der Waals surface area contributed by atoms with Crippen molar-refractivity contribution in [3.63, 3.8) is 0 Å². The molecule has 0 radical (unpaired) electrons. The largest absolute Gasteiger partial charge is 0.396 e. The monoisotopic (exact) mass is 172 g/mol. The molecule has 0 aromatic heterocycles. The van der Waals surface area contributed by atoms with Crippen LogP contribution in [0.5, 0.6) is 0 Å². The van der Waals surface area contributed by atoms with E-state index in [1.54, 1.807) is 6.08 Å². The first-order valence-corrected chi connectivity index (χ1v) is 4.54. The lowest BCUT2D eigenvalue weighted by molar-refractivity contribution is 0.0112. The average molecular weight is 172 g/mol. The summed E-state index contributed by atoms with van der Waals surface area (Å²) in [5.74, 6) is 0. The van der Waals surface area contributed by atoms with Crippen molar-refractivity contribution in [1.82, 2.24) is 0 Å². The number of aliphatic hydroxyl groups is 1. The van der Waals surface area contributed by atoms with Gasteiger partial charge in [0.15, 0.2) is 0 Å². The molecule has 0 spiro atoms. The zero-order valence-corrected chi connectivity index (χ0v) is 8.18. The van der Waals surface area contributed by atoms with Gasteiger partial charge in [0.1, 0.15) is 0 Å². The number of ether oxygens (including phenoxy) is 1. The Morgan fingerprint density at radius 3 is 2.33 bits per heavy atom. The van der Waals surface area contributed by atoms with Crippen LogP contribution in [-0.2, 0) is 4.74 Å². The van der Waals surface area contributed by atoms with Crippen LogP contribution < -0.4 is 0 Å². The minimum atomic E-state index is -0.0387. The quantitative estimate of drug-likeness (QED) is 0.470. The van der Waals surface area contributed by atoms with Crippen molar-refractivity contribution >= 4 is 0 Å². The summed E-state index contributed by atoms with van der Waals surface area (Å²) in [5, 5.41) is 9.17. The smallest absolute Gasteiger partial charge is 0.0645 e. The summed E-state index contributed by atoms with van der Waals surface area (Å²) in [6, 6.07) is 0. The molecule has 0 aromatic carbocycles. The van der Waals surface area contributed by atoms with E-state index < -0.39 is 0 Å². The molecule has 0 aliphatic heterocycles.